The topological polar surface area (TPSA) is 50.4 Å². The Kier molecular flexibility index (Phi) is 6.36. The molecule has 1 unspecified atom stereocenters. The summed E-state index contributed by atoms with van der Waals surface area (Å²) in [7, 11) is 1.64. The lowest BCUT2D eigenvalue weighted by atomic mass is 10.1. The van der Waals surface area contributed by atoms with Gasteiger partial charge in [0.15, 0.2) is 0 Å². The van der Waals surface area contributed by atoms with Gasteiger partial charge in [-0.1, -0.05) is 19.1 Å². The lowest BCUT2D eigenvalue weighted by Crippen LogP contribution is -2.34. The average molecular weight is 264 g/mol. The molecule has 0 aliphatic carbocycles. The minimum atomic E-state index is 0.00670. The lowest BCUT2D eigenvalue weighted by molar-refractivity contribution is -0.122. The Morgan fingerprint density at radius 2 is 1.89 bits per heavy atom. The highest BCUT2D eigenvalue weighted by molar-refractivity contribution is 5.77. The van der Waals surface area contributed by atoms with E-state index < -0.39 is 0 Å². The van der Waals surface area contributed by atoms with Crippen molar-refractivity contribution in [2.24, 2.45) is 0 Å². The fraction of sp³-hybridized carbons (Fsp3) is 0.533. The van der Waals surface area contributed by atoms with Crippen LogP contribution in [0.15, 0.2) is 24.3 Å². The van der Waals surface area contributed by atoms with Crippen LogP contribution in [0.25, 0.3) is 0 Å². The Morgan fingerprint density at radius 1 is 1.26 bits per heavy atom. The molecule has 2 N–H and O–H groups in total. The first-order chi connectivity index (χ1) is 9.06. The second-order valence-corrected chi connectivity index (χ2v) is 4.73. The standard InChI is InChI=1S/C15H24N2O2/c1-5-16-11(2)10-15(18)17-12(3)13-6-8-14(19-4)9-7-13/h6-9,11-12,16H,5,10H2,1-4H3,(H,17,18)/t11?,12-/m0/s1. The second-order valence-electron chi connectivity index (χ2n) is 4.73. The van der Waals surface area contributed by atoms with Crippen molar-refractivity contribution in [1.29, 1.82) is 0 Å². The molecular formula is C15H24N2O2. The minimum Gasteiger partial charge on any atom is -0.497 e. The second kappa shape index (κ2) is 7.79. The van der Waals surface area contributed by atoms with Crippen LogP contribution in [0.4, 0.5) is 0 Å². The first-order valence-corrected chi connectivity index (χ1v) is 6.73. The first kappa shape index (κ1) is 15.5. The maximum atomic E-state index is 11.9. The maximum absolute atomic E-state index is 11.9. The van der Waals surface area contributed by atoms with E-state index in [0.29, 0.717) is 6.42 Å². The zero-order valence-electron chi connectivity index (χ0n) is 12.2. The van der Waals surface area contributed by atoms with Gasteiger partial charge in [0.25, 0.3) is 0 Å². The predicted molar refractivity (Wildman–Crippen MR) is 77.3 cm³/mol. The smallest absolute Gasteiger partial charge is 0.222 e. The third kappa shape index (κ3) is 5.30. The number of carbonyl (C=O) groups excluding carboxylic acids is 1. The van der Waals surface area contributed by atoms with E-state index in [1.54, 1.807) is 7.11 Å². The molecule has 0 saturated heterocycles. The summed E-state index contributed by atoms with van der Waals surface area (Å²) in [5.74, 6) is 0.889. The van der Waals surface area contributed by atoms with E-state index in [1.165, 1.54) is 0 Å². The molecule has 0 saturated carbocycles. The molecule has 0 aromatic heterocycles. The van der Waals surface area contributed by atoms with Crippen LogP contribution < -0.4 is 15.4 Å². The number of hydrogen-bond acceptors (Lipinski definition) is 3. The molecule has 0 fully saturated rings. The van der Waals surface area contributed by atoms with Crippen molar-refractivity contribution in [3.05, 3.63) is 29.8 Å². The Hall–Kier alpha value is -1.55. The molecule has 1 aromatic carbocycles. The summed E-state index contributed by atoms with van der Waals surface area (Å²) < 4.78 is 5.11. The normalized spacial score (nSPS) is 13.7. The fourth-order valence-corrected chi connectivity index (χ4v) is 1.98. The number of ether oxygens (including phenoxy) is 1. The molecule has 0 spiro atoms. The van der Waals surface area contributed by atoms with Crippen LogP contribution in [0, 0.1) is 0 Å². The van der Waals surface area contributed by atoms with Crippen LogP contribution in [0.2, 0.25) is 0 Å². The van der Waals surface area contributed by atoms with Crippen molar-refractivity contribution >= 4 is 5.91 Å². The Morgan fingerprint density at radius 3 is 2.42 bits per heavy atom. The first-order valence-electron chi connectivity index (χ1n) is 6.73. The molecule has 0 heterocycles. The van der Waals surface area contributed by atoms with Crippen LogP contribution in [0.3, 0.4) is 0 Å². The molecule has 4 nitrogen and oxygen atoms in total. The van der Waals surface area contributed by atoms with Crippen LogP contribution in [-0.4, -0.2) is 25.6 Å². The van der Waals surface area contributed by atoms with Gasteiger partial charge in [0.1, 0.15) is 5.75 Å². The van der Waals surface area contributed by atoms with Gasteiger partial charge in [-0.05, 0) is 38.1 Å². The maximum Gasteiger partial charge on any atom is 0.222 e. The van der Waals surface area contributed by atoms with Gasteiger partial charge in [-0.2, -0.15) is 0 Å². The van der Waals surface area contributed by atoms with E-state index in [9.17, 15) is 4.79 Å². The van der Waals surface area contributed by atoms with Gasteiger partial charge >= 0.3 is 0 Å². The third-order valence-corrected chi connectivity index (χ3v) is 3.04. The van der Waals surface area contributed by atoms with Crippen molar-refractivity contribution in [3.63, 3.8) is 0 Å². The monoisotopic (exact) mass is 264 g/mol. The summed E-state index contributed by atoms with van der Waals surface area (Å²) in [5.41, 5.74) is 1.07. The van der Waals surface area contributed by atoms with Gasteiger partial charge in [0, 0.05) is 12.5 Å². The number of nitrogens with one attached hydrogen (secondary N) is 2. The highest BCUT2D eigenvalue weighted by Gasteiger charge is 2.12. The molecule has 0 aliphatic heterocycles. The van der Waals surface area contributed by atoms with Gasteiger partial charge in [0.2, 0.25) is 5.91 Å². The molecule has 1 aromatic rings. The number of benzene rings is 1. The summed E-state index contributed by atoms with van der Waals surface area (Å²) in [6.45, 7) is 6.91. The summed E-state index contributed by atoms with van der Waals surface area (Å²) in [4.78, 5) is 11.9. The molecule has 19 heavy (non-hydrogen) atoms. The van der Waals surface area contributed by atoms with Crippen molar-refractivity contribution < 1.29 is 9.53 Å². The number of amides is 1. The van der Waals surface area contributed by atoms with Crippen LogP contribution >= 0.6 is 0 Å². The zero-order chi connectivity index (χ0) is 14.3. The number of rotatable bonds is 7. The highest BCUT2D eigenvalue weighted by atomic mass is 16.5. The Bertz CT molecular complexity index is 390. The lowest BCUT2D eigenvalue weighted by Gasteiger charge is -2.17. The molecular weight excluding hydrogens is 240 g/mol. The summed E-state index contributed by atoms with van der Waals surface area (Å²) in [5, 5.41) is 6.23. The highest BCUT2D eigenvalue weighted by Crippen LogP contribution is 2.17. The zero-order valence-corrected chi connectivity index (χ0v) is 12.2. The molecule has 0 aliphatic rings. The van der Waals surface area contributed by atoms with Gasteiger partial charge in [-0.15, -0.1) is 0 Å². The molecule has 106 valence electrons. The van der Waals surface area contributed by atoms with Gasteiger partial charge in [-0.3, -0.25) is 4.79 Å². The largest absolute Gasteiger partial charge is 0.497 e. The summed E-state index contributed by atoms with van der Waals surface area (Å²) >= 11 is 0. The van der Waals surface area contributed by atoms with E-state index in [1.807, 2.05) is 45.0 Å². The van der Waals surface area contributed by atoms with Gasteiger partial charge in [-0.25, -0.2) is 0 Å². The Balaban J connectivity index is 2.48. The van der Waals surface area contributed by atoms with E-state index in [0.717, 1.165) is 17.9 Å². The predicted octanol–water partition coefficient (Wildman–Crippen LogP) is 2.26. The number of carbonyl (C=O) groups is 1. The average Bonchev–Trinajstić information content (AvgIpc) is 2.38. The minimum absolute atomic E-state index is 0.00670. The van der Waals surface area contributed by atoms with E-state index in [-0.39, 0.29) is 18.0 Å². The van der Waals surface area contributed by atoms with E-state index in [4.69, 9.17) is 4.74 Å². The van der Waals surface area contributed by atoms with E-state index >= 15 is 0 Å². The van der Waals surface area contributed by atoms with Crippen molar-refractivity contribution in [2.45, 2.75) is 39.3 Å². The SMILES string of the molecule is CCNC(C)CC(=O)N[C@@H](C)c1ccc(OC)cc1. The van der Waals surface area contributed by atoms with Crippen molar-refractivity contribution in [3.8, 4) is 5.75 Å². The number of methoxy groups -OCH3 is 1. The van der Waals surface area contributed by atoms with Crippen LogP contribution in [0.5, 0.6) is 5.75 Å². The molecule has 1 rings (SSSR count). The molecule has 4 heteroatoms. The molecule has 2 atom stereocenters. The quantitative estimate of drug-likeness (QED) is 0.794. The summed E-state index contributed by atoms with van der Waals surface area (Å²) in [6.07, 6.45) is 0.494. The van der Waals surface area contributed by atoms with Crippen molar-refractivity contribution in [2.75, 3.05) is 13.7 Å². The van der Waals surface area contributed by atoms with Crippen LogP contribution in [-0.2, 0) is 4.79 Å². The fourth-order valence-electron chi connectivity index (χ4n) is 1.98. The van der Waals surface area contributed by atoms with Gasteiger partial charge < -0.3 is 15.4 Å². The van der Waals surface area contributed by atoms with Gasteiger partial charge in [0.05, 0.1) is 13.2 Å². The number of hydrogen-bond donors (Lipinski definition) is 2. The van der Waals surface area contributed by atoms with Crippen molar-refractivity contribution in [1.82, 2.24) is 10.6 Å². The molecule has 0 radical (unpaired) electrons. The molecule has 1 amide bonds. The third-order valence-electron chi connectivity index (χ3n) is 3.04. The summed E-state index contributed by atoms with van der Waals surface area (Å²) in [6, 6.07) is 7.95. The van der Waals surface area contributed by atoms with Crippen LogP contribution in [0.1, 0.15) is 38.8 Å². The Labute approximate surface area is 115 Å². The van der Waals surface area contributed by atoms with E-state index in [2.05, 4.69) is 10.6 Å². The molecule has 0 bridgehead atoms.